The minimum absolute atomic E-state index is 0.161. The Morgan fingerprint density at radius 3 is 2.89 bits per heavy atom. The summed E-state index contributed by atoms with van der Waals surface area (Å²) < 4.78 is 1.73. The van der Waals surface area contributed by atoms with E-state index in [9.17, 15) is 9.59 Å². The maximum atomic E-state index is 12.0. The van der Waals surface area contributed by atoms with Crippen LogP contribution in [-0.4, -0.2) is 28.1 Å². The number of amides is 2. The van der Waals surface area contributed by atoms with Gasteiger partial charge in [0.1, 0.15) is 5.15 Å². The lowest BCUT2D eigenvalue weighted by molar-refractivity contribution is -0.121. The van der Waals surface area contributed by atoms with Crippen LogP contribution < -0.4 is 10.6 Å². The largest absolute Gasteiger partial charge is 0.343 e. The molecule has 0 atom stereocenters. The fraction of sp³-hybridized carbons (Fsp3) is 0.286. The number of nitrogens with one attached hydrogen (secondary N) is 2. The molecular formula is C21H23ClN4O2. The standard InChI is InChI=1S/C21H23ClN4O2/c1-4-6-12-26-21(22)18(15(3)25-26)10-11-19(27)23-14-20(28)24-17-9-7-8-16(5-2)13-17/h2,7-11,13H,4,6,12,14H2,1,3H3,(H,23,27)(H,24,28)/b11-10+. The van der Waals surface area contributed by atoms with Crippen LogP contribution in [0.3, 0.4) is 0 Å². The highest BCUT2D eigenvalue weighted by Crippen LogP contribution is 2.21. The monoisotopic (exact) mass is 398 g/mol. The van der Waals surface area contributed by atoms with Crippen LogP contribution in [0.4, 0.5) is 5.69 Å². The van der Waals surface area contributed by atoms with Gasteiger partial charge in [0.15, 0.2) is 0 Å². The second kappa shape index (κ2) is 10.3. The van der Waals surface area contributed by atoms with Gasteiger partial charge in [-0.15, -0.1) is 6.42 Å². The maximum absolute atomic E-state index is 12.0. The molecule has 28 heavy (non-hydrogen) atoms. The summed E-state index contributed by atoms with van der Waals surface area (Å²) in [6.45, 7) is 4.50. The fourth-order valence-corrected chi connectivity index (χ4v) is 2.81. The van der Waals surface area contributed by atoms with Gasteiger partial charge in [-0.2, -0.15) is 5.10 Å². The van der Waals surface area contributed by atoms with E-state index in [4.69, 9.17) is 18.0 Å². The lowest BCUT2D eigenvalue weighted by atomic mass is 10.2. The van der Waals surface area contributed by atoms with Crippen LogP contribution in [0.5, 0.6) is 0 Å². The van der Waals surface area contributed by atoms with Crippen molar-refractivity contribution in [2.45, 2.75) is 33.2 Å². The molecule has 2 rings (SSSR count). The number of hydrogen-bond donors (Lipinski definition) is 2. The molecule has 0 aliphatic heterocycles. The molecule has 0 bridgehead atoms. The van der Waals surface area contributed by atoms with Gasteiger partial charge in [-0.05, 0) is 37.6 Å². The molecule has 0 spiro atoms. The number of halogens is 1. The minimum Gasteiger partial charge on any atom is -0.343 e. The van der Waals surface area contributed by atoms with Crippen molar-refractivity contribution in [2.75, 3.05) is 11.9 Å². The van der Waals surface area contributed by atoms with Crippen LogP contribution in [-0.2, 0) is 16.1 Å². The van der Waals surface area contributed by atoms with Crippen LogP contribution in [0, 0.1) is 19.3 Å². The van der Waals surface area contributed by atoms with Crippen molar-refractivity contribution in [2.24, 2.45) is 0 Å². The lowest BCUT2D eigenvalue weighted by Crippen LogP contribution is -2.31. The first-order valence-electron chi connectivity index (χ1n) is 9.00. The number of terminal acetylenes is 1. The summed E-state index contributed by atoms with van der Waals surface area (Å²) in [7, 11) is 0. The summed E-state index contributed by atoms with van der Waals surface area (Å²) in [5, 5.41) is 10.1. The third-order valence-corrected chi connectivity index (χ3v) is 4.37. The first-order valence-corrected chi connectivity index (χ1v) is 9.37. The quantitative estimate of drug-likeness (QED) is 0.528. The topological polar surface area (TPSA) is 76.0 Å². The van der Waals surface area contributed by atoms with Crippen molar-refractivity contribution in [3.8, 4) is 12.3 Å². The third-order valence-electron chi connectivity index (χ3n) is 3.97. The molecule has 0 fully saturated rings. The van der Waals surface area contributed by atoms with Crippen LogP contribution in [0.25, 0.3) is 6.08 Å². The molecule has 2 amide bonds. The smallest absolute Gasteiger partial charge is 0.244 e. The Bertz CT molecular complexity index is 925. The van der Waals surface area contributed by atoms with E-state index in [1.165, 1.54) is 6.08 Å². The molecule has 2 aromatic rings. The SMILES string of the molecule is C#Cc1cccc(NC(=O)CNC(=O)/C=C/c2c(C)nn(CCCC)c2Cl)c1. The Balaban J connectivity index is 1.89. The van der Waals surface area contributed by atoms with Crippen LogP contribution >= 0.6 is 11.6 Å². The zero-order valence-corrected chi connectivity index (χ0v) is 16.7. The van der Waals surface area contributed by atoms with E-state index in [1.807, 2.05) is 6.92 Å². The molecular weight excluding hydrogens is 376 g/mol. The van der Waals surface area contributed by atoms with Gasteiger partial charge < -0.3 is 10.6 Å². The van der Waals surface area contributed by atoms with Crippen molar-refractivity contribution in [1.82, 2.24) is 15.1 Å². The van der Waals surface area contributed by atoms with E-state index < -0.39 is 5.91 Å². The molecule has 0 saturated carbocycles. The lowest BCUT2D eigenvalue weighted by Gasteiger charge is -2.06. The van der Waals surface area contributed by atoms with Gasteiger partial charge in [0.2, 0.25) is 11.8 Å². The van der Waals surface area contributed by atoms with E-state index in [0.717, 1.165) is 25.1 Å². The van der Waals surface area contributed by atoms with Gasteiger partial charge >= 0.3 is 0 Å². The first kappa shape index (κ1) is 21.3. The maximum Gasteiger partial charge on any atom is 0.244 e. The molecule has 1 heterocycles. The molecule has 0 aliphatic carbocycles. The highest BCUT2D eigenvalue weighted by Gasteiger charge is 2.11. The van der Waals surface area contributed by atoms with Crippen LogP contribution in [0.2, 0.25) is 5.15 Å². The van der Waals surface area contributed by atoms with Gasteiger partial charge in [0.25, 0.3) is 0 Å². The summed E-state index contributed by atoms with van der Waals surface area (Å²) in [4.78, 5) is 24.0. The molecule has 146 valence electrons. The van der Waals surface area contributed by atoms with Crippen molar-refractivity contribution in [1.29, 1.82) is 0 Å². The number of carbonyl (C=O) groups is 2. The van der Waals surface area contributed by atoms with Crippen LogP contribution in [0.1, 0.15) is 36.6 Å². The van der Waals surface area contributed by atoms with Crippen molar-refractivity contribution >= 4 is 35.2 Å². The Morgan fingerprint density at radius 1 is 1.39 bits per heavy atom. The Labute approximate surface area is 170 Å². The van der Waals surface area contributed by atoms with Crippen molar-refractivity contribution in [3.05, 3.63) is 52.3 Å². The number of benzene rings is 1. The number of rotatable bonds is 8. The zero-order chi connectivity index (χ0) is 20.5. The Morgan fingerprint density at radius 2 is 2.18 bits per heavy atom. The summed E-state index contributed by atoms with van der Waals surface area (Å²) in [6, 6.07) is 6.92. The summed E-state index contributed by atoms with van der Waals surface area (Å²) in [5.41, 5.74) is 2.68. The van der Waals surface area contributed by atoms with Crippen molar-refractivity contribution < 1.29 is 9.59 Å². The zero-order valence-electron chi connectivity index (χ0n) is 16.0. The molecule has 1 aromatic carbocycles. The van der Waals surface area contributed by atoms with E-state index in [1.54, 1.807) is 35.0 Å². The Hall–Kier alpha value is -3.04. The number of aryl methyl sites for hydroxylation is 2. The second-order valence-corrected chi connectivity index (χ2v) is 6.55. The average Bonchev–Trinajstić information content (AvgIpc) is 2.96. The van der Waals surface area contributed by atoms with E-state index in [0.29, 0.717) is 22.0 Å². The van der Waals surface area contributed by atoms with E-state index >= 15 is 0 Å². The molecule has 0 saturated heterocycles. The highest BCUT2D eigenvalue weighted by molar-refractivity contribution is 6.31. The van der Waals surface area contributed by atoms with Gasteiger partial charge in [-0.25, -0.2) is 0 Å². The second-order valence-electron chi connectivity index (χ2n) is 6.19. The molecule has 0 unspecified atom stereocenters. The normalized spacial score (nSPS) is 10.6. The molecule has 0 radical (unpaired) electrons. The van der Waals surface area contributed by atoms with Gasteiger partial charge in [0, 0.05) is 29.4 Å². The molecule has 7 heteroatoms. The molecule has 6 nitrogen and oxygen atoms in total. The first-order chi connectivity index (χ1) is 13.4. The van der Waals surface area contributed by atoms with E-state index in [-0.39, 0.29) is 12.5 Å². The predicted octanol–water partition coefficient (Wildman–Crippen LogP) is 3.39. The van der Waals surface area contributed by atoms with Crippen molar-refractivity contribution in [3.63, 3.8) is 0 Å². The number of carbonyl (C=O) groups excluding carboxylic acids is 2. The number of nitrogens with zero attached hydrogens (tertiary/aromatic N) is 2. The van der Waals surface area contributed by atoms with E-state index in [2.05, 4.69) is 28.6 Å². The summed E-state index contributed by atoms with van der Waals surface area (Å²) in [6.07, 6.45) is 10.3. The minimum atomic E-state index is -0.399. The summed E-state index contributed by atoms with van der Waals surface area (Å²) >= 11 is 6.33. The third kappa shape index (κ3) is 6.00. The van der Waals surface area contributed by atoms with Gasteiger partial charge in [0.05, 0.1) is 12.2 Å². The number of anilines is 1. The van der Waals surface area contributed by atoms with Gasteiger partial charge in [-0.3, -0.25) is 14.3 Å². The Kier molecular flexibility index (Phi) is 7.85. The predicted molar refractivity (Wildman–Crippen MR) is 112 cm³/mol. The summed E-state index contributed by atoms with van der Waals surface area (Å²) in [5.74, 6) is 1.75. The number of unbranched alkanes of at least 4 members (excludes halogenated alkanes) is 1. The molecule has 1 aromatic heterocycles. The number of hydrogen-bond acceptors (Lipinski definition) is 3. The molecule has 2 N–H and O–H groups in total. The molecule has 0 aliphatic rings. The highest BCUT2D eigenvalue weighted by atomic mass is 35.5. The fourth-order valence-electron chi connectivity index (χ4n) is 2.49. The number of aromatic nitrogens is 2. The van der Waals surface area contributed by atoms with Crippen LogP contribution in [0.15, 0.2) is 30.3 Å². The average molecular weight is 399 g/mol. The van der Waals surface area contributed by atoms with Gasteiger partial charge in [-0.1, -0.05) is 36.9 Å².